The zero-order valence-corrected chi connectivity index (χ0v) is 14.3. The van der Waals surface area contributed by atoms with E-state index in [2.05, 4.69) is 10.1 Å². The normalized spacial score (nSPS) is 11.8. The van der Waals surface area contributed by atoms with Gasteiger partial charge in [-0.1, -0.05) is 53.7 Å². The Morgan fingerprint density at radius 3 is 2.40 bits per heavy atom. The summed E-state index contributed by atoms with van der Waals surface area (Å²) >= 11 is 0. The first-order valence-corrected chi connectivity index (χ1v) is 9.35. The van der Waals surface area contributed by atoms with Crippen LogP contribution in [0.4, 0.5) is 4.39 Å². The molecule has 6 nitrogen and oxygen atoms in total. The summed E-state index contributed by atoms with van der Waals surface area (Å²) in [5.41, 5.74) is 1.04. The van der Waals surface area contributed by atoms with Crippen molar-refractivity contribution in [3.05, 3.63) is 71.9 Å². The van der Waals surface area contributed by atoms with E-state index in [0.29, 0.717) is 5.82 Å². The zero-order valence-electron chi connectivity index (χ0n) is 13.5. The molecule has 0 saturated carbocycles. The van der Waals surface area contributed by atoms with Gasteiger partial charge in [0.05, 0.1) is 12.8 Å². The lowest BCUT2D eigenvalue weighted by Gasteiger charge is -2.18. The third-order valence-electron chi connectivity index (χ3n) is 3.59. The predicted molar refractivity (Wildman–Crippen MR) is 90.2 cm³/mol. The summed E-state index contributed by atoms with van der Waals surface area (Å²) in [4.78, 5) is 4.22. The van der Waals surface area contributed by atoms with Gasteiger partial charge in [-0.15, -0.1) is 0 Å². The number of sulfonamides is 1. The van der Waals surface area contributed by atoms with Crippen molar-refractivity contribution in [3.8, 4) is 11.4 Å². The van der Waals surface area contributed by atoms with Crippen LogP contribution in [-0.2, 0) is 23.1 Å². The van der Waals surface area contributed by atoms with Crippen molar-refractivity contribution in [2.75, 3.05) is 6.26 Å². The van der Waals surface area contributed by atoms with E-state index < -0.39 is 15.8 Å². The van der Waals surface area contributed by atoms with Gasteiger partial charge in [0.25, 0.3) is 0 Å². The summed E-state index contributed by atoms with van der Waals surface area (Å²) in [6, 6.07) is 15.2. The average Bonchev–Trinajstić information content (AvgIpc) is 3.05. The molecule has 0 aliphatic carbocycles. The second-order valence-electron chi connectivity index (χ2n) is 5.50. The molecule has 0 atom stereocenters. The average molecular weight is 361 g/mol. The monoisotopic (exact) mass is 361 g/mol. The first-order chi connectivity index (χ1) is 11.9. The number of hydrogen-bond acceptors (Lipinski definition) is 5. The first-order valence-electron chi connectivity index (χ1n) is 7.50. The Kier molecular flexibility index (Phi) is 4.91. The lowest BCUT2D eigenvalue weighted by atomic mass is 10.2. The van der Waals surface area contributed by atoms with Crippen molar-refractivity contribution < 1.29 is 17.3 Å². The van der Waals surface area contributed by atoms with Crippen LogP contribution in [0.1, 0.15) is 11.5 Å². The van der Waals surface area contributed by atoms with Gasteiger partial charge in [0.1, 0.15) is 5.82 Å². The maximum atomic E-state index is 13.8. The molecule has 0 aliphatic rings. The van der Waals surface area contributed by atoms with Crippen molar-refractivity contribution in [1.82, 2.24) is 14.4 Å². The van der Waals surface area contributed by atoms with E-state index in [0.717, 1.165) is 16.1 Å². The van der Waals surface area contributed by atoms with Crippen LogP contribution < -0.4 is 0 Å². The molecule has 3 aromatic rings. The third kappa shape index (κ3) is 4.28. The van der Waals surface area contributed by atoms with Gasteiger partial charge in [-0.2, -0.15) is 9.29 Å². The summed E-state index contributed by atoms with van der Waals surface area (Å²) in [5, 5.41) is 3.86. The standard InChI is InChI=1S/C17H16FN3O3S/c1-25(22,23)21(11-14-9-5-6-10-15(14)18)12-16-19-17(20-24-16)13-7-3-2-4-8-13/h2-10H,11-12H2,1H3. The minimum Gasteiger partial charge on any atom is -0.338 e. The molecule has 0 spiro atoms. The van der Waals surface area contributed by atoms with Gasteiger partial charge >= 0.3 is 0 Å². The summed E-state index contributed by atoms with van der Waals surface area (Å²) < 4.78 is 44.2. The van der Waals surface area contributed by atoms with Gasteiger partial charge in [-0.25, -0.2) is 12.8 Å². The quantitative estimate of drug-likeness (QED) is 0.675. The number of nitrogens with zero attached hydrogens (tertiary/aromatic N) is 3. The molecule has 3 rings (SSSR count). The summed E-state index contributed by atoms with van der Waals surface area (Å²) in [6.07, 6.45) is 1.06. The molecule has 0 saturated heterocycles. The van der Waals surface area contributed by atoms with E-state index in [1.807, 2.05) is 30.3 Å². The number of rotatable bonds is 6. The third-order valence-corrected chi connectivity index (χ3v) is 4.78. The highest BCUT2D eigenvalue weighted by atomic mass is 32.2. The molecular weight excluding hydrogens is 345 g/mol. The molecule has 0 fully saturated rings. The second-order valence-corrected chi connectivity index (χ2v) is 7.48. The Bertz CT molecular complexity index is 958. The maximum absolute atomic E-state index is 13.8. The van der Waals surface area contributed by atoms with Crippen LogP contribution >= 0.6 is 0 Å². The van der Waals surface area contributed by atoms with Crippen LogP contribution in [0.2, 0.25) is 0 Å². The van der Waals surface area contributed by atoms with Crippen LogP contribution in [0.15, 0.2) is 59.1 Å². The summed E-state index contributed by atoms with van der Waals surface area (Å²) in [7, 11) is -3.59. The van der Waals surface area contributed by atoms with Gasteiger partial charge in [-0.05, 0) is 6.07 Å². The Hall–Kier alpha value is -2.58. The first kappa shape index (κ1) is 17.2. The predicted octanol–water partition coefficient (Wildman–Crippen LogP) is 2.84. The second kappa shape index (κ2) is 7.12. The maximum Gasteiger partial charge on any atom is 0.242 e. The molecule has 25 heavy (non-hydrogen) atoms. The van der Waals surface area contributed by atoms with E-state index in [-0.39, 0.29) is 24.5 Å². The van der Waals surface area contributed by atoms with Gasteiger partial charge < -0.3 is 4.52 Å². The molecule has 130 valence electrons. The van der Waals surface area contributed by atoms with Gasteiger partial charge in [0.2, 0.25) is 21.7 Å². The minimum atomic E-state index is -3.59. The molecule has 2 aromatic carbocycles. The number of halogens is 1. The lowest BCUT2D eigenvalue weighted by molar-refractivity contribution is 0.311. The number of aromatic nitrogens is 2. The molecule has 0 amide bonds. The molecule has 0 unspecified atom stereocenters. The van der Waals surface area contributed by atoms with Crippen LogP contribution in [-0.4, -0.2) is 29.1 Å². The number of hydrogen-bond donors (Lipinski definition) is 0. The minimum absolute atomic E-state index is 0.117. The van der Waals surface area contributed by atoms with E-state index in [9.17, 15) is 12.8 Å². The fourth-order valence-electron chi connectivity index (χ4n) is 2.28. The fraction of sp³-hybridized carbons (Fsp3) is 0.176. The highest BCUT2D eigenvalue weighted by Crippen LogP contribution is 2.18. The molecule has 0 bridgehead atoms. The van der Waals surface area contributed by atoms with Crippen molar-refractivity contribution in [3.63, 3.8) is 0 Å². The SMILES string of the molecule is CS(=O)(=O)N(Cc1nc(-c2ccccc2)no1)Cc1ccccc1F. The largest absolute Gasteiger partial charge is 0.338 e. The van der Waals surface area contributed by atoms with Crippen LogP contribution in [0.3, 0.4) is 0 Å². The molecule has 0 N–H and O–H groups in total. The van der Waals surface area contributed by atoms with Gasteiger partial charge in [-0.3, -0.25) is 0 Å². The van der Waals surface area contributed by atoms with Crippen molar-refractivity contribution in [1.29, 1.82) is 0 Å². The lowest BCUT2D eigenvalue weighted by Crippen LogP contribution is -2.29. The van der Waals surface area contributed by atoms with Crippen LogP contribution in [0.25, 0.3) is 11.4 Å². The molecular formula is C17H16FN3O3S. The Morgan fingerprint density at radius 1 is 1.04 bits per heavy atom. The molecule has 1 heterocycles. The molecule has 1 aromatic heterocycles. The van der Waals surface area contributed by atoms with E-state index in [1.54, 1.807) is 12.1 Å². The van der Waals surface area contributed by atoms with Crippen molar-refractivity contribution >= 4 is 10.0 Å². The topological polar surface area (TPSA) is 76.3 Å². The van der Waals surface area contributed by atoms with Crippen LogP contribution in [0, 0.1) is 5.82 Å². The van der Waals surface area contributed by atoms with Gasteiger partial charge in [0, 0.05) is 17.7 Å². The Balaban J connectivity index is 1.82. The highest BCUT2D eigenvalue weighted by Gasteiger charge is 2.22. The van der Waals surface area contributed by atoms with E-state index in [1.165, 1.54) is 12.1 Å². The fourth-order valence-corrected chi connectivity index (χ4v) is 3.00. The van der Waals surface area contributed by atoms with Gasteiger partial charge in [0.15, 0.2) is 0 Å². The Morgan fingerprint density at radius 2 is 1.72 bits per heavy atom. The summed E-state index contributed by atoms with van der Waals surface area (Å²) in [5.74, 6) is 0.0437. The Labute approximate surface area is 145 Å². The van der Waals surface area contributed by atoms with Crippen molar-refractivity contribution in [2.24, 2.45) is 0 Å². The van der Waals surface area contributed by atoms with Crippen molar-refractivity contribution in [2.45, 2.75) is 13.1 Å². The van der Waals surface area contributed by atoms with E-state index >= 15 is 0 Å². The van der Waals surface area contributed by atoms with E-state index in [4.69, 9.17) is 4.52 Å². The van der Waals surface area contributed by atoms with Crippen LogP contribution in [0.5, 0.6) is 0 Å². The molecule has 8 heteroatoms. The smallest absolute Gasteiger partial charge is 0.242 e. The summed E-state index contributed by atoms with van der Waals surface area (Å²) in [6.45, 7) is -0.248. The molecule has 0 radical (unpaired) electrons. The highest BCUT2D eigenvalue weighted by molar-refractivity contribution is 7.88. The molecule has 0 aliphatic heterocycles. The number of benzene rings is 2. The zero-order chi connectivity index (χ0) is 17.9.